The van der Waals surface area contributed by atoms with Gasteiger partial charge in [-0.2, -0.15) is 0 Å². The van der Waals surface area contributed by atoms with Crippen LogP contribution < -0.4 is 9.47 Å². The van der Waals surface area contributed by atoms with Gasteiger partial charge in [0.1, 0.15) is 0 Å². The van der Waals surface area contributed by atoms with Crippen LogP contribution in [0.4, 0.5) is 0 Å². The van der Waals surface area contributed by atoms with Gasteiger partial charge in [-0.25, -0.2) is 4.79 Å². The van der Waals surface area contributed by atoms with Gasteiger partial charge in [-0.1, -0.05) is 13.8 Å². The van der Waals surface area contributed by atoms with E-state index in [0.29, 0.717) is 5.75 Å². The van der Waals surface area contributed by atoms with Crippen LogP contribution in [0.2, 0.25) is 0 Å². The van der Waals surface area contributed by atoms with Crippen molar-refractivity contribution in [2.75, 3.05) is 14.2 Å². The molecule has 0 saturated carbocycles. The van der Waals surface area contributed by atoms with Crippen molar-refractivity contribution >= 4 is 11.8 Å². The highest BCUT2D eigenvalue weighted by Gasteiger charge is 2.23. The van der Waals surface area contributed by atoms with E-state index >= 15 is 0 Å². The molecule has 98 valence electrons. The summed E-state index contributed by atoms with van der Waals surface area (Å²) >= 11 is 0. The second-order valence-electron chi connectivity index (χ2n) is 4.09. The second kappa shape index (κ2) is 5.53. The zero-order valence-corrected chi connectivity index (χ0v) is 10.8. The highest BCUT2D eigenvalue weighted by Crippen LogP contribution is 2.35. The minimum absolute atomic E-state index is 0.00745. The van der Waals surface area contributed by atoms with Crippen LogP contribution in [0.1, 0.15) is 35.7 Å². The lowest BCUT2D eigenvalue weighted by Gasteiger charge is -2.15. The quantitative estimate of drug-likeness (QED) is 0.641. The number of hydrogen-bond donors (Lipinski definition) is 1. The number of ketones is 1. The first-order valence-corrected chi connectivity index (χ1v) is 5.45. The van der Waals surface area contributed by atoms with Crippen molar-refractivity contribution in [1.29, 1.82) is 0 Å². The van der Waals surface area contributed by atoms with Gasteiger partial charge in [-0.3, -0.25) is 4.79 Å². The molecule has 1 rings (SSSR count). The average molecular weight is 252 g/mol. The molecule has 1 aromatic carbocycles. The average Bonchev–Trinajstić information content (AvgIpc) is 2.35. The summed E-state index contributed by atoms with van der Waals surface area (Å²) in [7, 11) is 2.81. The third-order valence-electron chi connectivity index (χ3n) is 2.61. The Labute approximate surface area is 105 Å². The molecule has 0 heterocycles. The van der Waals surface area contributed by atoms with Gasteiger partial charge in [0.25, 0.3) is 5.78 Å². The summed E-state index contributed by atoms with van der Waals surface area (Å²) in [6, 6.07) is 3.27. The molecule has 0 aliphatic carbocycles. The van der Waals surface area contributed by atoms with Crippen LogP contribution in [-0.4, -0.2) is 31.1 Å². The zero-order valence-electron chi connectivity index (χ0n) is 10.8. The number of ether oxygens (including phenoxy) is 2. The number of carbonyl (C=O) groups excluding carboxylic acids is 1. The van der Waals surface area contributed by atoms with Crippen molar-refractivity contribution in [3.05, 3.63) is 23.3 Å². The Morgan fingerprint density at radius 3 is 2.17 bits per heavy atom. The van der Waals surface area contributed by atoms with Crippen molar-refractivity contribution in [3.63, 3.8) is 0 Å². The highest BCUT2D eigenvalue weighted by atomic mass is 16.5. The van der Waals surface area contributed by atoms with Crippen LogP contribution in [0.3, 0.4) is 0 Å². The number of benzene rings is 1. The largest absolute Gasteiger partial charge is 0.493 e. The molecule has 0 fully saturated rings. The van der Waals surface area contributed by atoms with E-state index in [1.165, 1.54) is 20.3 Å². The number of aliphatic carboxylic acids is 1. The number of methoxy groups -OCH3 is 2. The SMILES string of the molecule is COc1cc(C(C)C)cc(C(=O)C(=O)O)c1OC. The third kappa shape index (κ3) is 2.61. The van der Waals surface area contributed by atoms with Gasteiger partial charge >= 0.3 is 5.97 Å². The minimum atomic E-state index is -1.52. The number of Topliss-reactive ketones (excluding diaryl/α,β-unsaturated/α-hetero) is 1. The molecule has 5 nitrogen and oxygen atoms in total. The summed E-state index contributed by atoms with van der Waals surface area (Å²) in [5.41, 5.74) is 0.824. The Morgan fingerprint density at radius 1 is 1.17 bits per heavy atom. The van der Waals surface area contributed by atoms with Crippen molar-refractivity contribution in [1.82, 2.24) is 0 Å². The molecule has 5 heteroatoms. The van der Waals surface area contributed by atoms with E-state index in [0.717, 1.165) is 5.56 Å². The van der Waals surface area contributed by atoms with Crippen LogP contribution in [-0.2, 0) is 4.79 Å². The van der Waals surface area contributed by atoms with Crippen LogP contribution in [0, 0.1) is 0 Å². The van der Waals surface area contributed by atoms with E-state index < -0.39 is 11.8 Å². The standard InChI is InChI=1S/C13H16O5/c1-7(2)8-5-9(11(14)13(15)16)12(18-4)10(6-8)17-3/h5-7H,1-4H3,(H,15,16). The van der Waals surface area contributed by atoms with Crippen molar-refractivity contribution in [3.8, 4) is 11.5 Å². The minimum Gasteiger partial charge on any atom is -0.493 e. The molecular formula is C13H16O5. The molecule has 1 N–H and O–H groups in total. The number of rotatable bonds is 5. The van der Waals surface area contributed by atoms with E-state index in [1.807, 2.05) is 13.8 Å². The molecule has 0 bridgehead atoms. The monoisotopic (exact) mass is 252 g/mol. The first kappa shape index (κ1) is 14.0. The first-order valence-electron chi connectivity index (χ1n) is 5.45. The van der Waals surface area contributed by atoms with E-state index in [9.17, 15) is 9.59 Å². The van der Waals surface area contributed by atoms with Crippen molar-refractivity contribution in [2.24, 2.45) is 0 Å². The maximum Gasteiger partial charge on any atom is 0.377 e. The molecule has 0 radical (unpaired) electrons. The Bertz CT molecular complexity index is 477. The van der Waals surface area contributed by atoms with Crippen molar-refractivity contribution < 1.29 is 24.2 Å². The second-order valence-corrected chi connectivity index (χ2v) is 4.09. The molecule has 0 saturated heterocycles. The molecule has 0 aliphatic rings. The Kier molecular flexibility index (Phi) is 4.31. The smallest absolute Gasteiger partial charge is 0.377 e. The number of carboxylic acids is 1. The molecule has 0 aromatic heterocycles. The first-order chi connectivity index (χ1) is 8.42. The molecule has 0 aliphatic heterocycles. The van der Waals surface area contributed by atoms with Crippen LogP contribution in [0.5, 0.6) is 11.5 Å². The zero-order chi connectivity index (χ0) is 13.9. The van der Waals surface area contributed by atoms with Gasteiger partial charge in [-0.05, 0) is 23.6 Å². The Balaban J connectivity index is 3.50. The maximum absolute atomic E-state index is 11.6. The van der Waals surface area contributed by atoms with E-state index in [-0.39, 0.29) is 17.2 Å². The van der Waals surface area contributed by atoms with Gasteiger partial charge in [0.15, 0.2) is 11.5 Å². The lowest BCUT2D eigenvalue weighted by molar-refractivity contribution is -0.131. The fourth-order valence-electron chi connectivity index (χ4n) is 1.60. The summed E-state index contributed by atoms with van der Waals surface area (Å²) in [5, 5.41) is 8.80. The van der Waals surface area contributed by atoms with Gasteiger partial charge in [0, 0.05) is 0 Å². The summed E-state index contributed by atoms with van der Waals surface area (Å²) in [5.74, 6) is -1.88. The number of hydrogen-bond acceptors (Lipinski definition) is 4. The molecule has 0 spiro atoms. The molecule has 18 heavy (non-hydrogen) atoms. The fraction of sp³-hybridized carbons (Fsp3) is 0.385. The van der Waals surface area contributed by atoms with Crippen LogP contribution in [0.15, 0.2) is 12.1 Å². The topological polar surface area (TPSA) is 72.8 Å². The third-order valence-corrected chi connectivity index (χ3v) is 2.61. The van der Waals surface area contributed by atoms with Gasteiger partial charge in [0.2, 0.25) is 0 Å². The van der Waals surface area contributed by atoms with Crippen LogP contribution >= 0.6 is 0 Å². The Morgan fingerprint density at radius 2 is 1.78 bits per heavy atom. The number of carboxylic acid groups (broad SMARTS) is 1. The highest BCUT2D eigenvalue weighted by molar-refractivity contribution is 6.40. The summed E-state index contributed by atoms with van der Waals surface area (Å²) in [6.07, 6.45) is 0. The predicted octanol–water partition coefficient (Wildman–Crippen LogP) is 2.09. The molecule has 0 atom stereocenters. The predicted molar refractivity (Wildman–Crippen MR) is 65.6 cm³/mol. The normalized spacial score (nSPS) is 10.3. The van der Waals surface area contributed by atoms with Gasteiger partial charge < -0.3 is 14.6 Å². The van der Waals surface area contributed by atoms with Crippen molar-refractivity contribution in [2.45, 2.75) is 19.8 Å². The number of carbonyl (C=O) groups is 2. The fourth-order valence-corrected chi connectivity index (χ4v) is 1.60. The maximum atomic E-state index is 11.6. The summed E-state index contributed by atoms with van der Waals surface area (Å²) in [4.78, 5) is 22.4. The molecule has 1 aromatic rings. The van der Waals surface area contributed by atoms with Gasteiger partial charge in [-0.15, -0.1) is 0 Å². The summed E-state index contributed by atoms with van der Waals surface area (Å²) in [6.45, 7) is 3.88. The summed E-state index contributed by atoms with van der Waals surface area (Å²) < 4.78 is 10.2. The van der Waals surface area contributed by atoms with E-state index in [4.69, 9.17) is 14.6 Å². The molecular weight excluding hydrogens is 236 g/mol. The lowest BCUT2D eigenvalue weighted by Crippen LogP contribution is -2.15. The van der Waals surface area contributed by atoms with E-state index in [1.54, 1.807) is 6.07 Å². The van der Waals surface area contributed by atoms with E-state index in [2.05, 4.69) is 0 Å². The lowest BCUT2D eigenvalue weighted by atomic mass is 9.97. The molecule has 0 amide bonds. The Hall–Kier alpha value is -2.04. The molecule has 0 unspecified atom stereocenters. The van der Waals surface area contributed by atoms with Gasteiger partial charge in [0.05, 0.1) is 19.8 Å². The van der Waals surface area contributed by atoms with Crippen LogP contribution in [0.25, 0.3) is 0 Å².